The van der Waals surface area contributed by atoms with Gasteiger partial charge < -0.3 is 5.32 Å². The van der Waals surface area contributed by atoms with Crippen LogP contribution < -0.4 is 5.32 Å². The molecule has 7 atom stereocenters. The van der Waals surface area contributed by atoms with Crippen molar-refractivity contribution in [1.29, 1.82) is 0 Å². The van der Waals surface area contributed by atoms with Crippen LogP contribution in [0.15, 0.2) is 0 Å². The molecule has 4 aliphatic rings. The summed E-state index contributed by atoms with van der Waals surface area (Å²) in [4.78, 5) is 11.6. The summed E-state index contributed by atoms with van der Waals surface area (Å²) in [6.07, 6.45) is 14.2. The molecule has 0 aromatic heterocycles. The van der Waals surface area contributed by atoms with Gasteiger partial charge in [0.05, 0.1) is 0 Å². The van der Waals surface area contributed by atoms with Crippen LogP contribution >= 0.6 is 0 Å². The zero-order chi connectivity index (χ0) is 16.2. The molecule has 1 N–H and O–H groups in total. The van der Waals surface area contributed by atoms with E-state index in [-0.39, 0.29) is 5.91 Å². The van der Waals surface area contributed by atoms with Crippen LogP contribution in [0.1, 0.15) is 85.0 Å². The van der Waals surface area contributed by atoms with Gasteiger partial charge in [-0.25, -0.2) is 0 Å². The molecule has 4 rings (SSSR count). The first-order valence-corrected chi connectivity index (χ1v) is 10.2. The molecule has 2 nitrogen and oxygen atoms in total. The molecular weight excluding hydrogens is 282 g/mol. The van der Waals surface area contributed by atoms with Gasteiger partial charge in [0.15, 0.2) is 0 Å². The molecule has 0 saturated heterocycles. The summed E-state index contributed by atoms with van der Waals surface area (Å²) < 4.78 is 0. The predicted molar refractivity (Wildman–Crippen MR) is 93.9 cm³/mol. The van der Waals surface area contributed by atoms with Crippen molar-refractivity contribution in [2.75, 3.05) is 0 Å². The van der Waals surface area contributed by atoms with E-state index in [2.05, 4.69) is 19.2 Å². The summed E-state index contributed by atoms with van der Waals surface area (Å²) in [5.74, 6) is 3.94. The Balaban J connectivity index is 1.59. The largest absolute Gasteiger partial charge is 0.353 e. The topological polar surface area (TPSA) is 29.1 Å². The number of amides is 1. The van der Waals surface area contributed by atoms with Gasteiger partial charge in [0, 0.05) is 13.0 Å². The molecule has 2 unspecified atom stereocenters. The molecule has 4 aliphatic carbocycles. The molecular formula is C21H35NO. The number of hydrogen-bond donors (Lipinski definition) is 1. The summed E-state index contributed by atoms with van der Waals surface area (Å²) in [5.41, 5.74) is 0.999. The van der Waals surface area contributed by atoms with E-state index < -0.39 is 0 Å². The monoisotopic (exact) mass is 317 g/mol. The number of rotatable bonds is 1. The van der Waals surface area contributed by atoms with Gasteiger partial charge in [-0.15, -0.1) is 0 Å². The van der Waals surface area contributed by atoms with Gasteiger partial charge in [-0.1, -0.05) is 26.7 Å². The number of hydrogen-bond acceptors (Lipinski definition) is 1. The first-order valence-electron chi connectivity index (χ1n) is 10.2. The first kappa shape index (κ1) is 16.0. The van der Waals surface area contributed by atoms with Crippen molar-refractivity contribution < 1.29 is 4.79 Å². The van der Waals surface area contributed by atoms with Crippen LogP contribution in [0.4, 0.5) is 0 Å². The van der Waals surface area contributed by atoms with E-state index >= 15 is 0 Å². The van der Waals surface area contributed by atoms with E-state index in [0.29, 0.717) is 16.9 Å². The third kappa shape index (κ3) is 2.30. The predicted octanol–water partition coefficient (Wildman–Crippen LogP) is 4.92. The maximum absolute atomic E-state index is 11.6. The highest BCUT2D eigenvalue weighted by molar-refractivity contribution is 5.73. The average molecular weight is 318 g/mol. The molecule has 23 heavy (non-hydrogen) atoms. The molecule has 0 bridgehead atoms. The Morgan fingerprint density at radius 1 is 0.870 bits per heavy atom. The van der Waals surface area contributed by atoms with Gasteiger partial charge in [-0.3, -0.25) is 4.79 Å². The van der Waals surface area contributed by atoms with Crippen molar-refractivity contribution in [1.82, 2.24) is 5.32 Å². The van der Waals surface area contributed by atoms with Crippen molar-refractivity contribution in [3.05, 3.63) is 0 Å². The normalized spacial score (nSPS) is 52.2. The molecule has 4 fully saturated rings. The maximum atomic E-state index is 11.6. The van der Waals surface area contributed by atoms with Crippen molar-refractivity contribution in [2.45, 2.75) is 91.0 Å². The van der Waals surface area contributed by atoms with Gasteiger partial charge in [0.2, 0.25) is 5.91 Å². The van der Waals surface area contributed by atoms with Crippen LogP contribution in [0.25, 0.3) is 0 Å². The summed E-state index contributed by atoms with van der Waals surface area (Å²) in [6, 6.07) is 0.433. The second-order valence-electron chi connectivity index (χ2n) is 9.78. The Kier molecular flexibility index (Phi) is 3.81. The lowest BCUT2D eigenvalue weighted by Crippen LogP contribution is -2.55. The highest BCUT2D eigenvalue weighted by Crippen LogP contribution is 2.66. The summed E-state index contributed by atoms with van der Waals surface area (Å²) in [5, 5.41) is 3.30. The van der Waals surface area contributed by atoms with Crippen LogP contribution in [0.2, 0.25) is 0 Å². The zero-order valence-corrected chi connectivity index (χ0v) is 15.4. The van der Waals surface area contributed by atoms with Crippen molar-refractivity contribution >= 4 is 5.91 Å². The van der Waals surface area contributed by atoms with Gasteiger partial charge in [-0.05, 0) is 85.9 Å². The highest BCUT2D eigenvalue weighted by atomic mass is 16.1. The van der Waals surface area contributed by atoms with E-state index in [4.69, 9.17) is 0 Å². The molecule has 1 amide bonds. The molecule has 2 heteroatoms. The van der Waals surface area contributed by atoms with Crippen molar-refractivity contribution in [3.63, 3.8) is 0 Å². The standard InChI is InChI=1S/C21H35NO/c1-14(23)22-19-10-9-17-16-8-7-15-6-4-5-12-20(15,2)18(16)11-13-21(17,19)3/h15-19H,4-13H2,1-3H3,(H,22,23)/t15?,16-,17-,18+,19?,20-,21-/m0/s1. The molecule has 0 aromatic carbocycles. The van der Waals surface area contributed by atoms with Crippen molar-refractivity contribution in [3.8, 4) is 0 Å². The molecule has 0 aliphatic heterocycles. The van der Waals surface area contributed by atoms with Crippen LogP contribution in [0.3, 0.4) is 0 Å². The number of carbonyl (C=O) groups excluding carboxylic acids is 1. The molecule has 0 radical (unpaired) electrons. The lowest BCUT2D eigenvalue weighted by atomic mass is 9.45. The fraction of sp³-hybridized carbons (Fsp3) is 0.952. The minimum Gasteiger partial charge on any atom is -0.353 e. The lowest BCUT2D eigenvalue weighted by Gasteiger charge is -2.60. The number of fused-ring (bicyclic) bond motifs is 5. The summed E-state index contributed by atoms with van der Waals surface area (Å²) in [6.45, 7) is 6.84. The minimum absolute atomic E-state index is 0.168. The van der Waals surface area contributed by atoms with Gasteiger partial charge in [0.1, 0.15) is 0 Å². The Morgan fingerprint density at radius 3 is 2.43 bits per heavy atom. The first-order chi connectivity index (χ1) is 10.9. The fourth-order valence-corrected chi connectivity index (χ4v) is 7.78. The second-order valence-corrected chi connectivity index (χ2v) is 9.78. The third-order valence-corrected chi connectivity index (χ3v) is 8.96. The molecule has 0 spiro atoms. The average Bonchev–Trinajstić information content (AvgIpc) is 2.83. The number of nitrogens with one attached hydrogen (secondary N) is 1. The van der Waals surface area contributed by atoms with E-state index in [9.17, 15) is 4.79 Å². The van der Waals surface area contributed by atoms with Gasteiger partial charge in [-0.2, -0.15) is 0 Å². The number of carbonyl (C=O) groups is 1. The van der Waals surface area contributed by atoms with Crippen LogP contribution in [0.5, 0.6) is 0 Å². The molecule has 0 heterocycles. The Bertz CT molecular complexity index is 488. The van der Waals surface area contributed by atoms with E-state index in [1.165, 1.54) is 64.2 Å². The Labute approximate surface area is 142 Å². The van der Waals surface area contributed by atoms with Crippen LogP contribution in [-0.4, -0.2) is 11.9 Å². The fourth-order valence-electron chi connectivity index (χ4n) is 7.78. The molecule has 4 saturated carbocycles. The van der Waals surface area contributed by atoms with E-state index in [1.54, 1.807) is 6.92 Å². The van der Waals surface area contributed by atoms with Gasteiger partial charge >= 0.3 is 0 Å². The minimum atomic E-state index is 0.168. The van der Waals surface area contributed by atoms with Crippen LogP contribution in [-0.2, 0) is 4.79 Å². The Hall–Kier alpha value is -0.530. The summed E-state index contributed by atoms with van der Waals surface area (Å²) in [7, 11) is 0. The smallest absolute Gasteiger partial charge is 0.217 e. The SMILES string of the molecule is CC(=O)NC1CC[C@H]2[C@@H]3CCC4CCCC[C@]4(C)[C@@H]3CC[C@]12C. The quantitative estimate of drug-likeness (QED) is 0.730. The van der Waals surface area contributed by atoms with Crippen molar-refractivity contribution in [2.24, 2.45) is 34.5 Å². The lowest BCUT2D eigenvalue weighted by molar-refractivity contribution is -0.124. The molecule has 0 aromatic rings. The Morgan fingerprint density at radius 2 is 1.65 bits per heavy atom. The maximum Gasteiger partial charge on any atom is 0.217 e. The zero-order valence-electron chi connectivity index (χ0n) is 15.4. The molecule has 130 valence electrons. The van der Waals surface area contributed by atoms with Crippen LogP contribution in [0, 0.1) is 34.5 Å². The van der Waals surface area contributed by atoms with Gasteiger partial charge in [0.25, 0.3) is 0 Å². The second kappa shape index (κ2) is 5.49. The highest BCUT2D eigenvalue weighted by Gasteiger charge is 2.59. The third-order valence-electron chi connectivity index (χ3n) is 8.96. The van der Waals surface area contributed by atoms with E-state index in [1.807, 2.05) is 0 Å². The van der Waals surface area contributed by atoms with E-state index in [0.717, 1.165) is 23.7 Å². The summed E-state index contributed by atoms with van der Waals surface area (Å²) >= 11 is 0.